The first-order chi connectivity index (χ1) is 9.43. The fourth-order valence-electron chi connectivity index (χ4n) is 4.79. The highest BCUT2D eigenvalue weighted by atomic mass is 14.9. The summed E-state index contributed by atoms with van der Waals surface area (Å²) in [5, 5.41) is 3.97. The van der Waals surface area contributed by atoms with Gasteiger partial charge in [0.2, 0.25) is 0 Å². The molecule has 3 fully saturated rings. The fourth-order valence-corrected chi connectivity index (χ4v) is 4.79. The van der Waals surface area contributed by atoms with E-state index in [4.69, 9.17) is 0 Å². The molecule has 3 aliphatic carbocycles. The predicted molar refractivity (Wildman–Crippen MR) is 82.3 cm³/mol. The van der Waals surface area contributed by atoms with E-state index < -0.39 is 0 Å². The number of hydrogen-bond acceptors (Lipinski definition) is 1. The Morgan fingerprint density at radius 3 is 2.16 bits per heavy atom. The van der Waals surface area contributed by atoms with Gasteiger partial charge in [-0.1, -0.05) is 64.2 Å². The van der Waals surface area contributed by atoms with Crippen molar-refractivity contribution in [1.29, 1.82) is 0 Å². The summed E-state index contributed by atoms with van der Waals surface area (Å²) in [6, 6.07) is 0.872. The standard InChI is InChI=1S/C18H33N/c1-2-9-16(10-3-1)17-11-4-5-12-18(17)19-14-13-15-7-6-8-15/h15-19H,1-14H2. The fraction of sp³-hybridized carbons (Fsp3) is 1.00. The molecule has 19 heavy (non-hydrogen) atoms. The van der Waals surface area contributed by atoms with Crippen molar-refractivity contribution in [3.05, 3.63) is 0 Å². The van der Waals surface area contributed by atoms with Crippen molar-refractivity contribution in [1.82, 2.24) is 5.32 Å². The van der Waals surface area contributed by atoms with E-state index in [1.807, 2.05) is 0 Å². The summed E-state index contributed by atoms with van der Waals surface area (Å²) in [5.41, 5.74) is 0. The van der Waals surface area contributed by atoms with E-state index >= 15 is 0 Å². The molecular weight excluding hydrogens is 230 g/mol. The highest BCUT2D eigenvalue weighted by Gasteiger charge is 2.32. The molecule has 1 heteroatoms. The van der Waals surface area contributed by atoms with Crippen LogP contribution in [0.25, 0.3) is 0 Å². The van der Waals surface area contributed by atoms with Crippen LogP contribution < -0.4 is 5.32 Å². The van der Waals surface area contributed by atoms with Gasteiger partial charge in [-0.15, -0.1) is 0 Å². The minimum atomic E-state index is 0.872. The minimum absolute atomic E-state index is 0.872. The van der Waals surface area contributed by atoms with Gasteiger partial charge in [-0.3, -0.25) is 0 Å². The normalized spacial score (nSPS) is 34.1. The summed E-state index contributed by atoms with van der Waals surface area (Å²) in [6.45, 7) is 1.30. The third kappa shape index (κ3) is 3.74. The summed E-state index contributed by atoms with van der Waals surface area (Å²) in [6.07, 6.45) is 19.5. The lowest BCUT2D eigenvalue weighted by atomic mass is 9.71. The van der Waals surface area contributed by atoms with Gasteiger partial charge in [-0.05, 0) is 43.6 Å². The van der Waals surface area contributed by atoms with Gasteiger partial charge in [0.1, 0.15) is 0 Å². The first-order valence-electron chi connectivity index (χ1n) is 9.17. The molecular formula is C18H33N. The van der Waals surface area contributed by atoms with Gasteiger partial charge in [0.15, 0.2) is 0 Å². The predicted octanol–water partition coefficient (Wildman–Crippen LogP) is 4.91. The molecule has 0 bridgehead atoms. The second kappa shape index (κ2) is 7.11. The summed E-state index contributed by atoms with van der Waals surface area (Å²) in [5.74, 6) is 3.16. The lowest BCUT2D eigenvalue weighted by Crippen LogP contribution is -2.43. The first kappa shape index (κ1) is 13.9. The zero-order chi connectivity index (χ0) is 12.9. The molecule has 2 atom stereocenters. The molecule has 0 aromatic rings. The third-order valence-electron chi connectivity index (χ3n) is 6.26. The lowest BCUT2D eigenvalue weighted by Gasteiger charge is -2.40. The third-order valence-corrected chi connectivity index (χ3v) is 6.26. The lowest BCUT2D eigenvalue weighted by molar-refractivity contribution is 0.147. The SMILES string of the molecule is C1CCC(C2CCCCC2NCCC2CCC2)CC1. The smallest absolute Gasteiger partial charge is 0.00979 e. The maximum Gasteiger partial charge on any atom is 0.00979 e. The molecule has 3 saturated carbocycles. The molecule has 110 valence electrons. The van der Waals surface area contributed by atoms with Crippen molar-refractivity contribution >= 4 is 0 Å². The van der Waals surface area contributed by atoms with Gasteiger partial charge in [0, 0.05) is 6.04 Å². The minimum Gasteiger partial charge on any atom is -0.314 e. The summed E-state index contributed by atoms with van der Waals surface area (Å²) < 4.78 is 0. The Hall–Kier alpha value is -0.0400. The van der Waals surface area contributed by atoms with Crippen LogP contribution >= 0.6 is 0 Å². The topological polar surface area (TPSA) is 12.0 Å². The average molecular weight is 263 g/mol. The van der Waals surface area contributed by atoms with Gasteiger partial charge < -0.3 is 5.32 Å². The number of nitrogens with one attached hydrogen (secondary N) is 1. The highest BCUT2D eigenvalue weighted by molar-refractivity contribution is 4.87. The molecule has 0 heterocycles. The van der Waals surface area contributed by atoms with Gasteiger partial charge in [0.25, 0.3) is 0 Å². The first-order valence-corrected chi connectivity index (χ1v) is 9.17. The van der Waals surface area contributed by atoms with Crippen molar-refractivity contribution in [2.45, 2.75) is 89.5 Å². The van der Waals surface area contributed by atoms with Crippen LogP contribution in [0.1, 0.15) is 83.5 Å². The molecule has 0 aliphatic heterocycles. The molecule has 0 amide bonds. The van der Waals surface area contributed by atoms with Gasteiger partial charge >= 0.3 is 0 Å². The van der Waals surface area contributed by atoms with Crippen molar-refractivity contribution in [2.24, 2.45) is 17.8 Å². The Bertz CT molecular complexity index is 252. The second-order valence-corrected chi connectivity index (χ2v) is 7.49. The summed E-state index contributed by atoms with van der Waals surface area (Å²) >= 11 is 0. The van der Waals surface area contributed by atoms with Crippen molar-refractivity contribution in [2.75, 3.05) is 6.54 Å². The Morgan fingerprint density at radius 2 is 1.42 bits per heavy atom. The quantitative estimate of drug-likeness (QED) is 0.743. The molecule has 3 rings (SSSR count). The molecule has 0 saturated heterocycles. The van der Waals surface area contributed by atoms with Crippen LogP contribution in [-0.4, -0.2) is 12.6 Å². The zero-order valence-electron chi connectivity index (χ0n) is 12.7. The molecule has 2 unspecified atom stereocenters. The maximum atomic E-state index is 3.97. The monoisotopic (exact) mass is 263 g/mol. The van der Waals surface area contributed by atoms with Crippen molar-refractivity contribution < 1.29 is 0 Å². The van der Waals surface area contributed by atoms with Crippen LogP contribution in [0, 0.1) is 17.8 Å². The molecule has 0 aromatic heterocycles. The van der Waals surface area contributed by atoms with Crippen LogP contribution in [0.5, 0.6) is 0 Å². The van der Waals surface area contributed by atoms with Crippen molar-refractivity contribution in [3.63, 3.8) is 0 Å². The molecule has 3 aliphatic rings. The Labute approximate surface area is 119 Å². The average Bonchev–Trinajstić information content (AvgIpc) is 2.43. The van der Waals surface area contributed by atoms with E-state index in [0.717, 1.165) is 23.8 Å². The Balaban J connectivity index is 1.45. The van der Waals surface area contributed by atoms with E-state index in [0.29, 0.717) is 0 Å². The number of hydrogen-bond donors (Lipinski definition) is 1. The van der Waals surface area contributed by atoms with Crippen LogP contribution in [0.2, 0.25) is 0 Å². The number of rotatable bonds is 5. The van der Waals surface area contributed by atoms with E-state index in [1.165, 1.54) is 90.0 Å². The second-order valence-electron chi connectivity index (χ2n) is 7.49. The van der Waals surface area contributed by atoms with Gasteiger partial charge in [-0.2, -0.15) is 0 Å². The molecule has 1 nitrogen and oxygen atoms in total. The van der Waals surface area contributed by atoms with Crippen molar-refractivity contribution in [3.8, 4) is 0 Å². The molecule has 1 N–H and O–H groups in total. The highest BCUT2D eigenvalue weighted by Crippen LogP contribution is 2.38. The van der Waals surface area contributed by atoms with Crippen LogP contribution in [-0.2, 0) is 0 Å². The molecule has 0 aromatic carbocycles. The Morgan fingerprint density at radius 1 is 0.684 bits per heavy atom. The van der Waals surface area contributed by atoms with E-state index in [1.54, 1.807) is 0 Å². The maximum absolute atomic E-state index is 3.97. The van der Waals surface area contributed by atoms with Gasteiger partial charge in [-0.25, -0.2) is 0 Å². The molecule has 0 spiro atoms. The zero-order valence-corrected chi connectivity index (χ0v) is 12.7. The molecule has 0 radical (unpaired) electrons. The van der Waals surface area contributed by atoms with E-state index in [-0.39, 0.29) is 0 Å². The van der Waals surface area contributed by atoms with Gasteiger partial charge in [0.05, 0.1) is 0 Å². The van der Waals surface area contributed by atoms with Crippen LogP contribution in [0.4, 0.5) is 0 Å². The largest absolute Gasteiger partial charge is 0.314 e. The summed E-state index contributed by atoms with van der Waals surface area (Å²) in [7, 11) is 0. The van der Waals surface area contributed by atoms with Crippen LogP contribution in [0.3, 0.4) is 0 Å². The van der Waals surface area contributed by atoms with E-state index in [2.05, 4.69) is 5.32 Å². The van der Waals surface area contributed by atoms with Crippen LogP contribution in [0.15, 0.2) is 0 Å². The van der Waals surface area contributed by atoms with E-state index in [9.17, 15) is 0 Å². The summed E-state index contributed by atoms with van der Waals surface area (Å²) in [4.78, 5) is 0. The Kier molecular flexibility index (Phi) is 5.21.